The second kappa shape index (κ2) is 9.70. The molecule has 0 unspecified atom stereocenters. The van der Waals surface area contributed by atoms with E-state index in [2.05, 4.69) is 20.5 Å². The topological polar surface area (TPSA) is 69.4 Å². The first-order valence-electron chi connectivity index (χ1n) is 10.4. The summed E-state index contributed by atoms with van der Waals surface area (Å²) in [5, 5.41) is 17.8. The van der Waals surface area contributed by atoms with E-state index in [0.717, 1.165) is 33.8 Å². The Bertz CT molecular complexity index is 1340. The van der Waals surface area contributed by atoms with E-state index in [4.69, 9.17) is 4.98 Å². The number of thioether (sulfide) groups is 1. The van der Waals surface area contributed by atoms with Gasteiger partial charge in [0.25, 0.3) is 0 Å². The molecule has 8 heteroatoms. The number of benzene rings is 3. The fraction of sp³-hybridized carbons (Fsp3) is 0.0800. The molecule has 0 N–H and O–H groups in total. The summed E-state index contributed by atoms with van der Waals surface area (Å²) in [6, 6.07) is 26.3. The maximum absolute atomic E-state index is 13.1. The minimum Gasteiger partial charge on any atom is -0.248 e. The van der Waals surface area contributed by atoms with Gasteiger partial charge in [-0.25, -0.2) is 14.1 Å². The van der Waals surface area contributed by atoms with Gasteiger partial charge in [0.1, 0.15) is 17.2 Å². The molecule has 6 nitrogen and oxygen atoms in total. The van der Waals surface area contributed by atoms with Crippen LogP contribution < -0.4 is 0 Å². The van der Waals surface area contributed by atoms with Gasteiger partial charge in [-0.1, -0.05) is 89.8 Å². The van der Waals surface area contributed by atoms with Crippen molar-refractivity contribution in [1.82, 2.24) is 30.2 Å². The summed E-state index contributed by atoms with van der Waals surface area (Å²) in [5.74, 6) is 0.306. The number of hydrogen-bond donors (Lipinski definition) is 0. The van der Waals surface area contributed by atoms with Gasteiger partial charge in [0.2, 0.25) is 5.16 Å². The number of halogens is 1. The van der Waals surface area contributed by atoms with Crippen molar-refractivity contribution in [3.8, 4) is 22.5 Å². The van der Waals surface area contributed by atoms with Gasteiger partial charge in [0, 0.05) is 23.1 Å². The van der Waals surface area contributed by atoms with Gasteiger partial charge in [-0.15, -0.1) is 15.3 Å². The molecule has 2 heterocycles. The third kappa shape index (κ3) is 5.12. The fourth-order valence-electron chi connectivity index (χ4n) is 3.36. The first-order valence-corrected chi connectivity index (χ1v) is 11.3. The van der Waals surface area contributed by atoms with Crippen molar-refractivity contribution in [3.63, 3.8) is 0 Å². The predicted octanol–water partition coefficient (Wildman–Crippen LogP) is 5.28. The Morgan fingerprint density at radius 2 is 1.39 bits per heavy atom. The largest absolute Gasteiger partial charge is 0.248 e. The van der Waals surface area contributed by atoms with Crippen LogP contribution in [-0.4, -0.2) is 30.2 Å². The van der Waals surface area contributed by atoms with Crippen LogP contribution in [0, 0.1) is 5.82 Å². The summed E-state index contributed by atoms with van der Waals surface area (Å²) in [4.78, 5) is 4.82. The Labute approximate surface area is 194 Å². The normalized spacial score (nSPS) is 10.9. The van der Waals surface area contributed by atoms with E-state index in [-0.39, 0.29) is 5.82 Å². The van der Waals surface area contributed by atoms with Crippen molar-refractivity contribution < 1.29 is 4.39 Å². The van der Waals surface area contributed by atoms with Crippen LogP contribution in [0.5, 0.6) is 0 Å². The van der Waals surface area contributed by atoms with Crippen LogP contribution in [0.25, 0.3) is 22.5 Å². The maximum Gasteiger partial charge on any atom is 0.210 e. The van der Waals surface area contributed by atoms with E-state index in [1.807, 2.05) is 66.9 Å². The van der Waals surface area contributed by atoms with Crippen LogP contribution in [0.2, 0.25) is 0 Å². The standard InChI is InChI=1S/C25H19FN6S/c26-21-13-11-18(12-14-21)15-32-16-22(28-31-32)17-33-25-27-23(19-7-3-1-4-8-19)24(29-30-25)20-9-5-2-6-10-20/h1-14,16H,15,17H2. The highest BCUT2D eigenvalue weighted by atomic mass is 32.2. The van der Waals surface area contributed by atoms with Crippen LogP contribution in [0.1, 0.15) is 11.3 Å². The molecule has 0 saturated carbocycles. The Balaban J connectivity index is 1.34. The van der Waals surface area contributed by atoms with E-state index in [9.17, 15) is 4.39 Å². The molecule has 0 saturated heterocycles. The van der Waals surface area contributed by atoms with Gasteiger partial charge in [-0.05, 0) is 17.7 Å². The average molecular weight is 455 g/mol. The molecule has 0 atom stereocenters. The summed E-state index contributed by atoms with van der Waals surface area (Å²) >= 11 is 1.46. The Morgan fingerprint density at radius 1 is 0.727 bits per heavy atom. The van der Waals surface area contributed by atoms with E-state index >= 15 is 0 Å². The van der Waals surface area contributed by atoms with Crippen molar-refractivity contribution >= 4 is 11.8 Å². The van der Waals surface area contributed by atoms with E-state index in [0.29, 0.717) is 17.5 Å². The molecule has 0 aliphatic heterocycles. The monoisotopic (exact) mass is 454 g/mol. The highest BCUT2D eigenvalue weighted by molar-refractivity contribution is 7.98. The molecule has 2 aromatic heterocycles. The number of aromatic nitrogens is 6. The number of hydrogen-bond acceptors (Lipinski definition) is 6. The molecule has 0 aliphatic rings. The molecule has 0 amide bonds. The molecule has 0 spiro atoms. The van der Waals surface area contributed by atoms with Gasteiger partial charge in [-0.2, -0.15) is 0 Å². The van der Waals surface area contributed by atoms with Crippen LogP contribution >= 0.6 is 11.8 Å². The molecule has 5 rings (SSSR count). The van der Waals surface area contributed by atoms with Crippen molar-refractivity contribution in [2.45, 2.75) is 17.5 Å². The van der Waals surface area contributed by atoms with Crippen molar-refractivity contribution in [2.75, 3.05) is 0 Å². The Morgan fingerprint density at radius 3 is 2.09 bits per heavy atom. The first kappa shape index (κ1) is 21.0. The van der Waals surface area contributed by atoms with Gasteiger partial charge < -0.3 is 0 Å². The average Bonchev–Trinajstić information content (AvgIpc) is 3.32. The quantitative estimate of drug-likeness (QED) is 0.312. The summed E-state index contributed by atoms with van der Waals surface area (Å²) in [6.45, 7) is 0.528. The first-order chi connectivity index (χ1) is 16.2. The predicted molar refractivity (Wildman–Crippen MR) is 126 cm³/mol. The van der Waals surface area contributed by atoms with Crippen molar-refractivity contribution in [2.24, 2.45) is 0 Å². The molecule has 3 aromatic carbocycles. The lowest BCUT2D eigenvalue weighted by atomic mass is 10.0. The summed E-state index contributed by atoms with van der Waals surface area (Å²) in [5.41, 5.74) is 5.25. The van der Waals surface area contributed by atoms with Crippen LogP contribution in [0.15, 0.2) is 96.3 Å². The lowest BCUT2D eigenvalue weighted by molar-refractivity contribution is 0.621. The minimum atomic E-state index is -0.254. The van der Waals surface area contributed by atoms with E-state index in [1.54, 1.807) is 16.8 Å². The lowest BCUT2D eigenvalue weighted by Crippen LogP contribution is -2.00. The van der Waals surface area contributed by atoms with Gasteiger partial charge in [-0.3, -0.25) is 0 Å². The maximum atomic E-state index is 13.1. The van der Waals surface area contributed by atoms with E-state index in [1.165, 1.54) is 23.9 Å². The van der Waals surface area contributed by atoms with Gasteiger partial charge >= 0.3 is 0 Å². The molecular formula is C25H19FN6S. The summed E-state index contributed by atoms with van der Waals surface area (Å²) < 4.78 is 14.8. The van der Waals surface area contributed by atoms with Crippen LogP contribution in [0.3, 0.4) is 0 Å². The Kier molecular flexibility index (Phi) is 6.16. The zero-order chi connectivity index (χ0) is 22.5. The lowest BCUT2D eigenvalue weighted by Gasteiger charge is -2.09. The van der Waals surface area contributed by atoms with E-state index < -0.39 is 0 Å². The number of rotatable bonds is 7. The van der Waals surface area contributed by atoms with Crippen molar-refractivity contribution in [3.05, 3.63) is 108 Å². The smallest absolute Gasteiger partial charge is 0.210 e. The molecule has 0 fully saturated rings. The molecule has 5 aromatic rings. The molecule has 162 valence electrons. The highest BCUT2D eigenvalue weighted by Crippen LogP contribution is 2.30. The third-order valence-electron chi connectivity index (χ3n) is 4.95. The molecule has 33 heavy (non-hydrogen) atoms. The summed E-state index contributed by atoms with van der Waals surface area (Å²) in [7, 11) is 0. The second-order valence-electron chi connectivity index (χ2n) is 7.35. The second-order valence-corrected chi connectivity index (χ2v) is 8.29. The number of nitrogens with zero attached hydrogens (tertiary/aromatic N) is 6. The summed E-state index contributed by atoms with van der Waals surface area (Å²) in [6.07, 6.45) is 1.88. The SMILES string of the molecule is Fc1ccc(Cn2cc(CSc3nnc(-c4ccccc4)c(-c4ccccc4)n3)nn2)cc1. The fourth-order valence-corrected chi connectivity index (χ4v) is 4.02. The zero-order valence-corrected chi connectivity index (χ0v) is 18.4. The third-order valence-corrected chi connectivity index (χ3v) is 5.83. The van der Waals surface area contributed by atoms with Gasteiger partial charge in [0.15, 0.2) is 0 Å². The van der Waals surface area contributed by atoms with Crippen molar-refractivity contribution in [1.29, 1.82) is 0 Å². The van der Waals surface area contributed by atoms with Gasteiger partial charge in [0.05, 0.1) is 12.2 Å². The van der Waals surface area contributed by atoms with Crippen LogP contribution in [-0.2, 0) is 12.3 Å². The molecule has 0 bridgehead atoms. The molecule has 0 aliphatic carbocycles. The molecular weight excluding hydrogens is 435 g/mol. The van der Waals surface area contributed by atoms with Crippen LogP contribution in [0.4, 0.5) is 4.39 Å². The molecule has 0 radical (unpaired) electrons. The highest BCUT2D eigenvalue weighted by Gasteiger charge is 2.14. The minimum absolute atomic E-state index is 0.254. The zero-order valence-electron chi connectivity index (χ0n) is 17.5. The Hall–Kier alpha value is -3.91.